The largest absolute Gasteiger partial charge is 0.335 e. The van der Waals surface area contributed by atoms with Crippen molar-refractivity contribution < 1.29 is 0 Å². The van der Waals surface area contributed by atoms with Crippen molar-refractivity contribution in [1.82, 2.24) is 4.90 Å². The van der Waals surface area contributed by atoms with Crippen LogP contribution in [0.4, 0.5) is 5.69 Å². The molecule has 2 nitrogen and oxygen atoms in total. The van der Waals surface area contributed by atoms with Crippen molar-refractivity contribution in [2.24, 2.45) is 52.3 Å². The van der Waals surface area contributed by atoms with Gasteiger partial charge in [-0.15, -0.1) is 0 Å². The topological polar surface area (TPSA) is 6.48 Å². The Morgan fingerprint density at radius 3 is 2.22 bits per heavy atom. The molecule has 0 heterocycles. The minimum Gasteiger partial charge on any atom is -0.335 e. The maximum Gasteiger partial charge on any atom is 0.0562 e. The zero-order chi connectivity index (χ0) is 40.3. The maximum absolute atomic E-state index is 2.73. The molecule has 0 aromatic heterocycles. The Morgan fingerprint density at radius 1 is 0.683 bits per heavy atom. The number of hydrogen-bond acceptors (Lipinski definition) is 2. The summed E-state index contributed by atoms with van der Waals surface area (Å²) in [4.78, 5) is 5.21. The van der Waals surface area contributed by atoms with E-state index in [0.29, 0.717) is 47.5 Å². The summed E-state index contributed by atoms with van der Waals surface area (Å²) in [5.74, 6) is 3.28. The van der Waals surface area contributed by atoms with Gasteiger partial charge in [0, 0.05) is 51.6 Å². The van der Waals surface area contributed by atoms with Gasteiger partial charge in [-0.2, -0.15) is 0 Å². The van der Waals surface area contributed by atoms with E-state index in [9.17, 15) is 0 Å². The summed E-state index contributed by atoms with van der Waals surface area (Å²) in [5, 5.41) is 0. The number of anilines is 1. The SMILES string of the molecule is CC1(C)C2=CC=C3C=C4C5C=CC(N(C6=CC=CCC6)c6ccccc6)=CC5C(C)(C)C5C=CC6=C(C3C2C(C6)C2=C1CC(N(C1=CCCC=C1)C1=CCCC=C1)C=C2)C45. The van der Waals surface area contributed by atoms with E-state index >= 15 is 0 Å². The average Bonchev–Trinajstić information content (AvgIpc) is 3.28. The number of benzene rings is 1. The van der Waals surface area contributed by atoms with Gasteiger partial charge in [0.05, 0.1) is 6.04 Å². The first-order valence-electron chi connectivity index (χ1n) is 23.4. The molecule has 12 rings (SSSR count). The van der Waals surface area contributed by atoms with E-state index in [1.54, 1.807) is 39.0 Å². The number of para-hydroxylation sites is 1. The van der Waals surface area contributed by atoms with E-state index < -0.39 is 0 Å². The lowest BCUT2D eigenvalue weighted by Gasteiger charge is -2.62. The van der Waals surface area contributed by atoms with E-state index in [1.807, 2.05) is 0 Å². The average molecular weight is 785 g/mol. The van der Waals surface area contributed by atoms with Gasteiger partial charge in [0.1, 0.15) is 0 Å². The molecule has 11 aliphatic carbocycles. The minimum atomic E-state index is 0.00513. The Balaban J connectivity index is 0.927. The molecule has 11 aliphatic rings. The third-order valence-electron chi connectivity index (χ3n) is 16.8. The van der Waals surface area contributed by atoms with Crippen LogP contribution in [0.5, 0.6) is 0 Å². The molecule has 302 valence electrons. The van der Waals surface area contributed by atoms with Crippen molar-refractivity contribution in [3.05, 3.63) is 208 Å². The zero-order valence-electron chi connectivity index (χ0n) is 36.0. The molecule has 0 bridgehead atoms. The molecule has 8 unspecified atom stereocenters. The second-order valence-corrected chi connectivity index (χ2v) is 20.5. The first-order chi connectivity index (χ1) is 29.3. The molecule has 1 saturated carbocycles. The van der Waals surface area contributed by atoms with E-state index in [-0.39, 0.29) is 10.8 Å². The van der Waals surface area contributed by atoms with Gasteiger partial charge in [0.2, 0.25) is 0 Å². The summed E-state index contributed by atoms with van der Waals surface area (Å²) in [5.41, 5.74) is 18.5. The van der Waals surface area contributed by atoms with E-state index in [2.05, 4.69) is 183 Å². The molecule has 2 heteroatoms. The molecule has 8 atom stereocenters. The predicted molar refractivity (Wildman–Crippen MR) is 249 cm³/mol. The standard InChI is InChI=1S/C58H60N2/c1-57(2)49-31-25-37-34-48-46-30-28-44(60(41-21-13-7-14-22-41)42-23-15-8-16-24-42)36-52(46)58(3,4)50-32-26-38-33-47(55(49)53(37)54(38)56(48)50)45-29-27-43(35-51(45)57)59(39-17-9-5-10-18-39)40-19-11-6-12-20-40/h5-6,9-11,13,15,17-19,21-33,35,44-45,48-49,51,54-56H,7-8,12,14,16,20,34,36H2,1-4H3. The van der Waals surface area contributed by atoms with Gasteiger partial charge >= 0.3 is 0 Å². The maximum atomic E-state index is 2.73. The Hall–Kier alpha value is -5.08. The lowest BCUT2D eigenvalue weighted by Crippen LogP contribution is -2.53. The monoisotopic (exact) mass is 784 g/mol. The Labute approximate surface area is 359 Å². The first kappa shape index (κ1) is 36.7. The summed E-state index contributed by atoms with van der Waals surface area (Å²) in [6.45, 7) is 10.3. The minimum absolute atomic E-state index is 0.00513. The van der Waals surface area contributed by atoms with E-state index in [4.69, 9.17) is 0 Å². The van der Waals surface area contributed by atoms with Gasteiger partial charge in [0.25, 0.3) is 0 Å². The van der Waals surface area contributed by atoms with Crippen molar-refractivity contribution >= 4 is 5.69 Å². The molecule has 0 aliphatic heterocycles. The lowest BCUT2D eigenvalue weighted by atomic mass is 9.42. The molecule has 1 aromatic carbocycles. The predicted octanol–water partition coefficient (Wildman–Crippen LogP) is 14.0. The lowest BCUT2D eigenvalue weighted by molar-refractivity contribution is 0.0768. The van der Waals surface area contributed by atoms with Crippen LogP contribution in [0.2, 0.25) is 0 Å². The van der Waals surface area contributed by atoms with Crippen molar-refractivity contribution in [3.63, 3.8) is 0 Å². The van der Waals surface area contributed by atoms with Crippen molar-refractivity contribution in [1.29, 1.82) is 0 Å². The fourth-order valence-electron chi connectivity index (χ4n) is 14.1. The highest BCUT2D eigenvalue weighted by molar-refractivity contribution is 5.65. The Bertz CT molecular complexity index is 2500. The van der Waals surface area contributed by atoms with Crippen LogP contribution >= 0.6 is 0 Å². The number of nitrogens with zero attached hydrogens (tertiary/aromatic N) is 2. The summed E-state index contributed by atoms with van der Waals surface area (Å²) in [7, 11) is 0. The zero-order valence-corrected chi connectivity index (χ0v) is 36.0. The molecule has 0 spiro atoms. The number of fused-ring (bicyclic) bond motifs is 3. The van der Waals surface area contributed by atoms with Crippen molar-refractivity contribution in [3.8, 4) is 0 Å². The van der Waals surface area contributed by atoms with E-state index in [1.165, 1.54) is 28.5 Å². The third kappa shape index (κ3) is 5.37. The summed E-state index contributed by atoms with van der Waals surface area (Å²) in [6.07, 6.45) is 56.5. The van der Waals surface area contributed by atoms with Crippen LogP contribution in [0.3, 0.4) is 0 Å². The van der Waals surface area contributed by atoms with Crippen molar-refractivity contribution in [2.45, 2.75) is 85.1 Å². The highest BCUT2D eigenvalue weighted by atomic mass is 15.2. The van der Waals surface area contributed by atoms with Gasteiger partial charge < -0.3 is 9.80 Å². The van der Waals surface area contributed by atoms with Crippen LogP contribution in [0.1, 0.15) is 79.1 Å². The highest BCUT2D eigenvalue weighted by Crippen LogP contribution is 2.69. The molecule has 1 aromatic rings. The fraction of sp³-hybridized carbons (Fsp3) is 0.379. The summed E-state index contributed by atoms with van der Waals surface area (Å²) < 4.78 is 0. The van der Waals surface area contributed by atoms with Gasteiger partial charge in [-0.3, -0.25) is 0 Å². The molecule has 0 saturated heterocycles. The number of allylic oxidation sites excluding steroid dienone is 25. The van der Waals surface area contributed by atoms with Crippen LogP contribution in [-0.2, 0) is 0 Å². The van der Waals surface area contributed by atoms with E-state index in [0.717, 1.165) is 51.4 Å². The Kier molecular flexibility index (Phi) is 8.40. The van der Waals surface area contributed by atoms with Gasteiger partial charge in [-0.05, 0) is 134 Å². The first-order valence-corrected chi connectivity index (χ1v) is 23.4. The molecule has 1 fully saturated rings. The van der Waals surface area contributed by atoms with Crippen LogP contribution < -0.4 is 4.90 Å². The van der Waals surface area contributed by atoms with Gasteiger partial charge in [-0.25, -0.2) is 0 Å². The summed E-state index contributed by atoms with van der Waals surface area (Å²) >= 11 is 0. The van der Waals surface area contributed by atoms with Gasteiger partial charge in [-0.1, -0.05) is 159 Å². The second-order valence-electron chi connectivity index (χ2n) is 20.5. The van der Waals surface area contributed by atoms with Crippen molar-refractivity contribution in [2.75, 3.05) is 4.90 Å². The van der Waals surface area contributed by atoms with Crippen LogP contribution in [0.15, 0.2) is 208 Å². The summed E-state index contributed by atoms with van der Waals surface area (Å²) in [6, 6.07) is 11.4. The highest BCUT2D eigenvalue weighted by Gasteiger charge is 2.60. The third-order valence-corrected chi connectivity index (χ3v) is 16.8. The van der Waals surface area contributed by atoms with Crippen LogP contribution in [0.25, 0.3) is 0 Å². The molecule has 0 amide bonds. The van der Waals surface area contributed by atoms with Crippen LogP contribution in [0, 0.1) is 52.3 Å². The molecule has 60 heavy (non-hydrogen) atoms. The smallest absolute Gasteiger partial charge is 0.0562 e. The second kappa shape index (κ2) is 13.7. The quantitative estimate of drug-likeness (QED) is 0.283. The Morgan fingerprint density at radius 2 is 1.48 bits per heavy atom. The number of rotatable bonds is 6. The molecule has 0 N–H and O–H groups in total. The van der Waals surface area contributed by atoms with Crippen LogP contribution in [-0.4, -0.2) is 10.9 Å². The fourth-order valence-corrected chi connectivity index (χ4v) is 14.1. The number of hydrogen-bond donors (Lipinski definition) is 0. The molecule has 0 radical (unpaired) electrons. The van der Waals surface area contributed by atoms with Gasteiger partial charge in [0.15, 0.2) is 0 Å². The molecular weight excluding hydrogens is 725 g/mol. The normalized spacial score (nSPS) is 34.2. The molecular formula is C58H60N2.